The molecule has 0 bridgehead atoms. The molecule has 0 unspecified atom stereocenters. The van der Waals surface area contributed by atoms with Crippen LogP contribution in [0.3, 0.4) is 0 Å². The number of nitriles is 1. The Morgan fingerprint density at radius 3 is 2.46 bits per heavy atom. The second-order valence-corrected chi connectivity index (χ2v) is 7.52. The summed E-state index contributed by atoms with van der Waals surface area (Å²) in [6, 6.07) is 13.8. The Hall–Kier alpha value is -2.90. The largest absolute Gasteiger partial charge is 0.324 e. The van der Waals surface area contributed by atoms with Crippen LogP contribution < -0.4 is 5.32 Å². The van der Waals surface area contributed by atoms with Crippen molar-refractivity contribution < 1.29 is 4.79 Å². The van der Waals surface area contributed by atoms with Crippen molar-refractivity contribution in [3.8, 4) is 6.07 Å². The van der Waals surface area contributed by atoms with Gasteiger partial charge in [-0.3, -0.25) is 4.79 Å². The molecular formula is C23H22ClN3O. The molecule has 28 heavy (non-hydrogen) atoms. The fourth-order valence-electron chi connectivity index (χ4n) is 3.29. The molecule has 142 valence electrons. The Kier molecular flexibility index (Phi) is 5.67. The molecule has 0 saturated heterocycles. The molecule has 4 nitrogen and oxygen atoms in total. The molecule has 1 aromatic heterocycles. The van der Waals surface area contributed by atoms with E-state index in [-0.39, 0.29) is 12.3 Å². The summed E-state index contributed by atoms with van der Waals surface area (Å²) >= 11 is 6.39. The third-order valence-electron chi connectivity index (χ3n) is 5.16. The summed E-state index contributed by atoms with van der Waals surface area (Å²) in [5.74, 6) is -1.20. The summed E-state index contributed by atoms with van der Waals surface area (Å²) in [5.41, 5.74) is 6.44. The number of hydrogen-bond acceptors (Lipinski definition) is 3. The molecule has 0 saturated carbocycles. The van der Waals surface area contributed by atoms with E-state index in [0.717, 1.165) is 38.8 Å². The fourth-order valence-corrected chi connectivity index (χ4v) is 3.50. The van der Waals surface area contributed by atoms with Crippen molar-refractivity contribution in [2.75, 3.05) is 5.32 Å². The first-order chi connectivity index (χ1) is 13.3. The Morgan fingerprint density at radius 1 is 1.14 bits per heavy atom. The summed E-state index contributed by atoms with van der Waals surface area (Å²) in [6.07, 6.45) is 0.210. The van der Waals surface area contributed by atoms with Gasteiger partial charge in [-0.25, -0.2) is 4.98 Å². The first-order valence-electron chi connectivity index (χ1n) is 9.14. The van der Waals surface area contributed by atoms with Crippen LogP contribution in [0.5, 0.6) is 0 Å². The number of nitrogens with one attached hydrogen (secondary N) is 1. The van der Waals surface area contributed by atoms with Gasteiger partial charge in [-0.1, -0.05) is 41.9 Å². The lowest BCUT2D eigenvalue weighted by molar-refractivity contribution is -0.118. The Labute approximate surface area is 170 Å². The Balaban J connectivity index is 1.89. The normalized spacial score (nSPS) is 11.9. The van der Waals surface area contributed by atoms with Crippen molar-refractivity contribution in [3.63, 3.8) is 0 Å². The monoisotopic (exact) mass is 391 g/mol. The minimum Gasteiger partial charge on any atom is -0.324 e. The minimum atomic E-state index is -0.859. The SMILES string of the molecule is Cc1cccc(C)c1NC(=O)[C@H](C#N)Cc1cc2ccc(C)c(C)c2nc1Cl. The molecule has 3 aromatic rings. The highest BCUT2D eigenvalue weighted by Gasteiger charge is 2.22. The fraction of sp³-hybridized carbons (Fsp3) is 0.261. The number of rotatable bonds is 4. The summed E-state index contributed by atoms with van der Waals surface area (Å²) in [7, 11) is 0. The second kappa shape index (κ2) is 8.00. The number of halogens is 1. The van der Waals surface area contributed by atoms with E-state index in [2.05, 4.69) is 16.4 Å². The van der Waals surface area contributed by atoms with Crippen LogP contribution in [0.1, 0.15) is 27.8 Å². The van der Waals surface area contributed by atoms with Crippen LogP contribution in [0, 0.1) is 44.9 Å². The van der Waals surface area contributed by atoms with Gasteiger partial charge in [0.25, 0.3) is 0 Å². The lowest BCUT2D eigenvalue weighted by Crippen LogP contribution is -2.24. The lowest BCUT2D eigenvalue weighted by Gasteiger charge is -2.15. The van der Waals surface area contributed by atoms with Gasteiger partial charge in [0.2, 0.25) is 5.91 Å². The molecule has 3 rings (SSSR count). The zero-order chi connectivity index (χ0) is 20.4. The molecule has 0 fully saturated rings. The lowest BCUT2D eigenvalue weighted by atomic mass is 9.98. The highest BCUT2D eigenvalue weighted by Crippen LogP contribution is 2.27. The average Bonchev–Trinajstić information content (AvgIpc) is 2.66. The zero-order valence-corrected chi connectivity index (χ0v) is 17.2. The molecule has 2 aromatic carbocycles. The van der Waals surface area contributed by atoms with Crippen LogP contribution in [-0.2, 0) is 11.2 Å². The number of nitrogens with zero attached hydrogens (tertiary/aromatic N) is 2. The zero-order valence-electron chi connectivity index (χ0n) is 16.4. The van der Waals surface area contributed by atoms with Gasteiger partial charge in [-0.15, -0.1) is 0 Å². The molecule has 5 heteroatoms. The first kappa shape index (κ1) is 19.9. The van der Waals surface area contributed by atoms with Crippen molar-refractivity contribution >= 4 is 34.1 Å². The van der Waals surface area contributed by atoms with Crippen LogP contribution >= 0.6 is 11.6 Å². The van der Waals surface area contributed by atoms with Gasteiger partial charge in [0.1, 0.15) is 11.1 Å². The van der Waals surface area contributed by atoms with Gasteiger partial charge in [-0.05, 0) is 61.6 Å². The number of carbonyl (C=O) groups excluding carboxylic acids is 1. The van der Waals surface area contributed by atoms with E-state index in [1.807, 2.05) is 64.1 Å². The number of carbonyl (C=O) groups is 1. The molecule has 0 spiro atoms. The summed E-state index contributed by atoms with van der Waals surface area (Å²) < 4.78 is 0. The topological polar surface area (TPSA) is 65.8 Å². The number of fused-ring (bicyclic) bond motifs is 1. The van der Waals surface area contributed by atoms with E-state index in [1.54, 1.807) is 0 Å². The standard InChI is InChI=1S/C23H22ClN3O/c1-13-8-9-17-10-18(22(24)26-21(17)16(13)4)11-19(12-25)23(28)27-20-14(2)6-5-7-15(20)3/h5-10,19H,11H2,1-4H3,(H,27,28)/t19-/m0/s1. The molecule has 1 N–H and O–H groups in total. The maximum absolute atomic E-state index is 12.7. The third kappa shape index (κ3) is 3.85. The van der Waals surface area contributed by atoms with E-state index in [9.17, 15) is 10.1 Å². The molecule has 0 aliphatic rings. The van der Waals surface area contributed by atoms with Crippen LogP contribution in [0.4, 0.5) is 5.69 Å². The second-order valence-electron chi connectivity index (χ2n) is 7.16. The van der Waals surface area contributed by atoms with Gasteiger partial charge in [0.15, 0.2) is 0 Å². The minimum absolute atomic E-state index is 0.210. The van der Waals surface area contributed by atoms with E-state index in [4.69, 9.17) is 11.6 Å². The molecular weight excluding hydrogens is 370 g/mol. The average molecular weight is 392 g/mol. The van der Waals surface area contributed by atoms with Crippen LogP contribution in [0.25, 0.3) is 10.9 Å². The molecule has 0 radical (unpaired) electrons. The number of pyridine rings is 1. The maximum atomic E-state index is 12.7. The van der Waals surface area contributed by atoms with Crippen LogP contribution in [-0.4, -0.2) is 10.9 Å². The number of aromatic nitrogens is 1. The molecule has 0 aliphatic carbocycles. The van der Waals surface area contributed by atoms with Gasteiger partial charge in [0.05, 0.1) is 11.6 Å². The van der Waals surface area contributed by atoms with E-state index in [1.165, 1.54) is 0 Å². The van der Waals surface area contributed by atoms with Crippen molar-refractivity contribution in [1.29, 1.82) is 5.26 Å². The number of amides is 1. The third-order valence-corrected chi connectivity index (χ3v) is 5.49. The quantitative estimate of drug-likeness (QED) is 0.602. The summed E-state index contributed by atoms with van der Waals surface area (Å²) in [5, 5.41) is 13.8. The van der Waals surface area contributed by atoms with Crippen molar-refractivity contribution in [3.05, 3.63) is 69.4 Å². The van der Waals surface area contributed by atoms with Crippen LogP contribution in [0.2, 0.25) is 5.15 Å². The number of aryl methyl sites for hydroxylation is 4. The number of anilines is 1. The van der Waals surface area contributed by atoms with Gasteiger partial charge >= 0.3 is 0 Å². The van der Waals surface area contributed by atoms with Gasteiger partial charge in [0, 0.05) is 17.5 Å². The van der Waals surface area contributed by atoms with E-state index in [0.29, 0.717) is 10.7 Å². The Morgan fingerprint density at radius 2 is 1.82 bits per heavy atom. The van der Waals surface area contributed by atoms with E-state index < -0.39 is 5.92 Å². The molecule has 0 aliphatic heterocycles. The van der Waals surface area contributed by atoms with E-state index >= 15 is 0 Å². The highest BCUT2D eigenvalue weighted by molar-refractivity contribution is 6.30. The Bertz CT molecular complexity index is 1090. The smallest absolute Gasteiger partial charge is 0.242 e. The van der Waals surface area contributed by atoms with Crippen molar-refractivity contribution in [2.45, 2.75) is 34.1 Å². The van der Waals surface area contributed by atoms with Crippen molar-refractivity contribution in [2.24, 2.45) is 5.92 Å². The van der Waals surface area contributed by atoms with Gasteiger partial charge in [-0.2, -0.15) is 5.26 Å². The maximum Gasteiger partial charge on any atom is 0.242 e. The van der Waals surface area contributed by atoms with Gasteiger partial charge < -0.3 is 5.32 Å². The van der Waals surface area contributed by atoms with Crippen LogP contribution in [0.15, 0.2) is 36.4 Å². The molecule has 1 heterocycles. The highest BCUT2D eigenvalue weighted by atomic mass is 35.5. The summed E-state index contributed by atoms with van der Waals surface area (Å²) in [6.45, 7) is 7.90. The predicted octanol–water partition coefficient (Wildman–Crippen LogP) is 5.44. The molecule has 1 amide bonds. The summed E-state index contributed by atoms with van der Waals surface area (Å²) in [4.78, 5) is 17.2. The number of para-hydroxylation sites is 1. The number of benzene rings is 2. The first-order valence-corrected chi connectivity index (χ1v) is 9.51. The number of hydrogen-bond donors (Lipinski definition) is 1. The molecule has 1 atom stereocenters. The van der Waals surface area contributed by atoms with Crippen molar-refractivity contribution in [1.82, 2.24) is 4.98 Å². The predicted molar refractivity (Wildman–Crippen MR) is 114 cm³/mol.